The normalized spacial score (nSPS) is 10.7. The monoisotopic (exact) mass is 308 g/mol. The van der Waals surface area contributed by atoms with Crippen LogP contribution in [0.3, 0.4) is 0 Å². The summed E-state index contributed by atoms with van der Waals surface area (Å²) in [4.78, 5) is 33.1. The van der Waals surface area contributed by atoms with E-state index in [9.17, 15) is 9.59 Å². The second kappa shape index (κ2) is 6.00. The van der Waals surface area contributed by atoms with Crippen LogP contribution in [0, 0.1) is 6.92 Å². The van der Waals surface area contributed by atoms with Crippen molar-refractivity contribution in [2.24, 2.45) is 7.05 Å². The van der Waals surface area contributed by atoms with Crippen molar-refractivity contribution >= 4 is 16.8 Å². The van der Waals surface area contributed by atoms with Gasteiger partial charge in [0, 0.05) is 19.4 Å². The lowest BCUT2D eigenvalue weighted by Gasteiger charge is -2.09. The van der Waals surface area contributed by atoms with E-state index in [-0.39, 0.29) is 11.5 Å². The lowest BCUT2D eigenvalue weighted by atomic mass is 10.1. The van der Waals surface area contributed by atoms with Crippen LogP contribution in [-0.4, -0.2) is 20.4 Å². The average Bonchev–Trinajstić information content (AvgIpc) is 2.57. The molecule has 1 N–H and O–H groups in total. The van der Waals surface area contributed by atoms with Crippen molar-refractivity contribution in [3.05, 3.63) is 70.0 Å². The minimum Gasteiger partial charge on any atom is -0.346 e. The van der Waals surface area contributed by atoms with E-state index in [1.54, 1.807) is 38.5 Å². The van der Waals surface area contributed by atoms with E-state index in [0.717, 1.165) is 5.69 Å². The van der Waals surface area contributed by atoms with E-state index in [1.165, 1.54) is 4.57 Å². The zero-order chi connectivity index (χ0) is 16.4. The van der Waals surface area contributed by atoms with Crippen molar-refractivity contribution in [3.8, 4) is 0 Å². The van der Waals surface area contributed by atoms with Gasteiger partial charge in [-0.3, -0.25) is 19.6 Å². The number of aromatic nitrogens is 3. The van der Waals surface area contributed by atoms with E-state index in [0.29, 0.717) is 28.7 Å². The van der Waals surface area contributed by atoms with Gasteiger partial charge in [0.25, 0.3) is 11.5 Å². The van der Waals surface area contributed by atoms with Crippen LogP contribution in [0.1, 0.15) is 21.7 Å². The zero-order valence-electron chi connectivity index (χ0n) is 12.9. The SMILES string of the molecule is Cc1nc2ccn(C)c(=O)c2cc1C(=O)NCc1ccccn1. The first-order valence-corrected chi connectivity index (χ1v) is 7.21. The standard InChI is InChI=1S/C17H16N4O2/c1-11-13(16(22)19-10-12-5-3-4-7-18-12)9-14-15(20-11)6-8-21(2)17(14)23/h3-9H,10H2,1-2H3,(H,19,22). The van der Waals surface area contributed by atoms with Gasteiger partial charge in [0.15, 0.2) is 0 Å². The number of nitrogens with one attached hydrogen (secondary N) is 1. The number of fused-ring (bicyclic) bond motifs is 1. The van der Waals surface area contributed by atoms with Gasteiger partial charge in [-0.2, -0.15) is 0 Å². The summed E-state index contributed by atoms with van der Waals surface area (Å²) in [6.45, 7) is 2.08. The van der Waals surface area contributed by atoms with Gasteiger partial charge in [0.1, 0.15) is 0 Å². The number of carbonyl (C=O) groups is 1. The number of aryl methyl sites for hydroxylation is 2. The largest absolute Gasteiger partial charge is 0.346 e. The van der Waals surface area contributed by atoms with Gasteiger partial charge < -0.3 is 9.88 Å². The minimum absolute atomic E-state index is 0.172. The summed E-state index contributed by atoms with van der Waals surface area (Å²) in [5, 5.41) is 3.24. The summed E-state index contributed by atoms with van der Waals surface area (Å²) < 4.78 is 1.47. The molecule has 3 aromatic heterocycles. The second-order valence-corrected chi connectivity index (χ2v) is 5.29. The lowest BCUT2D eigenvalue weighted by Crippen LogP contribution is -2.25. The van der Waals surface area contributed by atoms with Crippen LogP contribution >= 0.6 is 0 Å². The van der Waals surface area contributed by atoms with Crippen LogP contribution < -0.4 is 10.9 Å². The summed E-state index contributed by atoms with van der Waals surface area (Å²) >= 11 is 0. The molecular formula is C17H16N4O2. The van der Waals surface area contributed by atoms with Gasteiger partial charge in [-0.05, 0) is 31.2 Å². The molecule has 0 saturated carbocycles. The highest BCUT2D eigenvalue weighted by molar-refractivity contribution is 5.98. The van der Waals surface area contributed by atoms with E-state index in [4.69, 9.17) is 0 Å². The summed E-state index contributed by atoms with van der Waals surface area (Å²) in [6, 6.07) is 8.88. The van der Waals surface area contributed by atoms with Crippen molar-refractivity contribution in [3.63, 3.8) is 0 Å². The van der Waals surface area contributed by atoms with Crippen LogP contribution in [0.25, 0.3) is 10.9 Å². The van der Waals surface area contributed by atoms with Crippen LogP contribution in [0.2, 0.25) is 0 Å². The Labute approximate surface area is 132 Å². The van der Waals surface area contributed by atoms with Gasteiger partial charge >= 0.3 is 0 Å². The molecule has 0 saturated heterocycles. The molecular weight excluding hydrogens is 292 g/mol. The summed E-state index contributed by atoms with van der Waals surface area (Å²) in [6.07, 6.45) is 3.34. The molecule has 0 unspecified atom stereocenters. The molecule has 0 aliphatic carbocycles. The lowest BCUT2D eigenvalue weighted by molar-refractivity contribution is 0.0949. The van der Waals surface area contributed by atoms with Crippen LogP contribution in [0.15, 0.2) is 47.5 Å². The first-order valence-electron chi connectivity index (χ1n) is 7.21. The van der Waals surface area contributed by atoms with E-state index in [1.807, 2.05) is 18.2 Å². The second-order valence-electron chi connectivity index (χ2n) is 5.29. The maximum absolute atomic E-state index is 12.4. The third kappa shape index (κ3) is 2.96. The number of hydrogen-bond donors (Lipinski definition) is 1. The highest BCUT2D eigenvalue weighted by Gasteiger charge is 2.13. The number of nitrogens with zero attached hydrogens (tertiary/aromatic N) is 3. The smallest absolute Gasteiger partial charge is 0.259 e. The van der Waals surface area contributed by atoms with Crippen LogP contribution in [0.4, 0.5) is 0 Å². The molecule has 6 heteroatoms. The molecule has 3 rings (SSSR count). The van der Waals surface area contributed by atoms with Crippen molar-refractivity contribution in [1.82, 2.24) is 19.9 Å². The Morgan fingerprint density at radius 3 is 2.87 bits per heavy atom. The first-order chi connectivity index (χ1) is 11.1. The van der Waals surface area contributed by atoms with Crippen LogP contribution in [-0.2, 0) is 13.6 Å². The Morgan fingerprint density at radius 1 is 1.30 bits per heavy atom. The molecule has 0 aliphatic heterocycles. The molecule has 0 aliphatic rings. The third-order valence-electron chi connectivity index (χ3n) is 3.65. The Hall–Kier alpha value is -3.02. The number of rotatable bonds is 3. The average molecular weight is 308 g/mol. The maximum atomic E-state index is 12.4. The highest BCUT2D eigenvalue weighted by Crippen LogP contribution is 2.13. The van der Waals surface area contributed by atoms with Crippen molar-refractivity contribution in [2.75, 3.05) is 0 Å². The number of amides is 1. The Kier molecular flexibility index (Phi) is 3.89. The van der Waals surface area contributed by atoms with Gasteiger partial charge in [-0.1, -0.05) is 6.07 Å². The molecule has 0 radical (unpaired) electrons. The van der Waals surface area contributed by atoms with Gasteiger partial charge in [-0.15, -0.1) is 0 Å². The summed E-state index contributed by atoms with van der Waals surface area (Å²) in [5.41, 5.74) is 2.17. The summed E-state index contributed by atoms with van der Waals surface area (Å²) in [7, 11) is 1.67. The Morgan fingerprint density at radius 2 is 2.13 bits per heavy atom. The molecule has 0 spiro atoms. The molecule has 0 atom stereocenters. The number of carbonyl (C=O) groups excluding carboxylic acids is 1. The molecule has 116 valence electrons. The van der Waals surface area contributed by atoms with Crippen molar-refractivity contribution in [1.29, 1.82) is 0 Å². The van der Waals surface area contributed by atoms with Gasteiger partial charge in [0.05, 0.1) is 34.4 Å². The van der Waals surface area contributed by atoms with E-state index >= 15 is 0 Å². The molecule has 0 bridgehead atoms. The number of pyridine rings is 3. The summed E-state index contributed by atoms with van der Waals surface area (Å²) in [5.74, 6) is -0.270. The van der Waals surface area contributed by atoms with Crippen molar-refractivity contribution < 1.29 is 4.79 Å². The fourth-order valence-electron chi connectivity index (χ4n) is 2.36. The van der Waals surface area contributed by atoms with Gasteiger partial charge in [-0.25, -0.2) is 0 Å². The highest BCUT2D eigenvalue weighted by atomic mass is 16.1. The fraction of sp³-hybridized carbons (Fsp3) is 0.176. The molecule has 3 heterocycles. The molecule has 6 nitrogen and oxygen atoms in total. The Balaban J connectivity index is 1.92. The molecule has 3 aromatic rings. The predicted molar refractivity (Wildman–Crippen MR) is 87.1 cm³/mol. The molecule has 1 amide bonds. The maximum Gasteiger partial charge on any atom is 0.259 e. The van der Waals surface area contributed by atoms with Gasteiger partial charge in [0.2, 0.25) is 0 Å². The molecule has 0 aromatic carbocycles. The topological polar surface area (TPSA) is 76.9 Å². The van der Waals surface area contributed by atoms with Crippen LogP contribution in [0.5, 0.6) is 0 Å². The minimum atomic E-state index is -0.270. The fourth-order valence-corrected chi connectivity index (χ4v) is 2.36. The first kappa shape index (κ1) is 14.9. The molecule has 0 fully saturated rings. The van der Waals surface area contributed by atoms with E-state index < -0.39 is 0 Å². The zero-order valence-corrected chi connectivity index (χ0v) is 12.9. The number of hydrogen-bond acceptors (Lipinski definition) is 4. The molecule has 23 heavy (non-hydrogen) atoms. The van der Waals surface area contributed by atoms with Crippen molar-refractivity contribution in [2.45, 2.75) is 13.5 Å². The van der Waals surface area contributed by atoms with E-state index in [2.05, 4.69) is 15.3 Å². The Bertz CT molecular complexity index is 932. The predicted octanol–water partition coefficient (Wildman–Crippen LogP) is 1.57. The quantitative estimate of drug-likeness (QED) is 0.796. The third-order valence-corrected chi connectivity index (χ3v) is 3.65.